The molecular weight excluding hydrogens is 230 g/mol. The van der Waals surface area contributed by atoms with E-state index >= 15 is 0 Å². The van der Waals surface area contributed by atoms with E-state index in [1.807, 2.05) is 18.2 Å². The maximum Gasteiger partial charge on any atom is 0.298 e. The summed E-state index contributed by atoms with van der Waals surface area (Å²) in [5.74, 6) is 0. The second-order valence-electron chi connectivity index (χ2n) is 4.52. The van der Waals surface area contributed by atoms with E-state index in [0.29, 0.717) is 24.4 Å². The number of nitrogens with two attached hydrogens (primary N) is 1. The van der Waals surface area contributed by atoms with Gasteiger partial charge >= 0.3 is 0 Å². The molecule has 1 aliphatic heterocycles. The van der Waals surface area contributed by atoms with Crippen molar-refractivity contribution < 1.29 is 9.15 Å². The van der Waals surface area contributed by atoms with Gasteiger partial charge in [-0.15, -0.1) is 0 Å². The highest BCUT2D eigenvalue weighted by molar-refractivity contribution is 5.86. The number of fused-ring (bicyclic) bond motifs is 1. The quantitative estimate of drug-likeness (QED) is 0.822. The smallest absolute Gasteiger partial charge is 0.298 e. The molecule has 1 aromatic carbocycles. The Balaban J connectivity index is 2.00. The highest BCUT2D eigenvalue weighted by Crippen LogP contribution is 2.28. The second kappa shape index (κ2) is 4.49. The minimum absolute atomic E-state index is 0.327. The monoisotopic (exact) mass is 247 g/mol. The molecule has 5 nitrogen and oxygen atoms in total. The minimum atomic E-state index is 0.327. The lowest BCUT2D eigenvalue weighted by atomic mass is 10.2. The molecule has 1 aromatic heterocycles. The Morgan fingerprint density at radius 3 is 3.17 bits per heavy atom. The van der Waals surface area contributed by atoms with Crippen molar-refractivity contribution in [3.05, 3.63) is 18.2 Å². The molecule has 0 spiro atoms. The number of para-hydroxylation sites is 1. The normalized spacial score (nSPS) is 20.5. The standard InChI is InChI=1S/C13H17N3O2/c1-2-9-8-17-7-6-16(9)13-15-12-10(14)4-3-5-11(12)18-13/h3-5,9H,2,6-8,14H2,1H3. The molecule has 2 aromatic rings. The summed E-state index contributed by atoms with van der Waals surface area (Å²) in [6.07, 6.45) is 1.01. The second-order valence-corrected chi connectivity index (χ2v) is 4.52. The van der Waals surface area contributed by atoms with Crippen LogP contribution in [0.4, 0.5) is 11.7 Å². The van der Waals surface area contributed by atoms with Crippen molar-refractivity contribution in [1.82, 2.24) is 4.98 Å². The topological polar surface area (TPSA) is 64.5 Å². The van der Waals surface area contributed by atoms with Gasteiger partial charge in [-0.05, 0) is 18.6 Å². The number of anilines is 2. The Labute approximate surface area is 106 Å². The van der Waals surface area contributed by atoms with Gasteiger partial charge in [0.2, 0.25) is 0 Å². The first-order valence-corrected chi connectivity index (χ1v) is 6.29. The molecule has 1 saturated heterocycles. The number of morpholine rings is 1. The summed E-state index contributed by atoms with van der Waals surface area (Å²) in [7, 11) is 0. The zero-order chi connectivity index (χ0) is 12.5. The molecule has 5 heteroatoms. The van der Waals surface area contributed by atoms with E-state index in [-0.39, 0.29) is 0 Å². The molecule has 18 heavy (non-hydrogen) atoms. The molecule has 96 valence electrons. The first kappa shape index (κ1) is 11.3. The van der Waals surface area contributed by atoms with E-state index in [1.165, 1.54) is 0 Å². The maximum absolute atomic E-state index is 5.90. The number of benzene rings is 1. The Hall–Kier alpha value is -1.75. The summed E-state index contributed by atoms with van der Waals surface area (Å²) >= 11 is 0. The van der Waals surface area contributed by atoms with E-state index in [4.69, 9.17) is 14.9 Å². The Bertz CT molecular complexity index is 552. The first-order chi connectivity index (χ1) is 8.79. The summed E-state index contributed by atoms with van der Waals surface area (Å²) in [6, 6.07) is 6.59. The van der Waals surface area contributed by atoms with Crippen LogP contribution in [0.15, 0.2) is 22.6 Å². The van der Waals surface area contributed by atoms with E-state index in [0.717, 1.165) is 30.7 Å². The molecule has 2 heterocycles. The third kappa shape index (κ3) is 1.80. The molecule has 2 N–H and O–H groups in total. The van der Waals surface area contributed by atoms with Crippen molar-refractivity contribution in [2.45, 2.75) is 19.4 Å². The van der Waals surface area contributed by atoms with Crippen molar-refractivity contribution >= 4 is 22.8 Å². The number of aromatic nitrogens is 1. The van der Waals surface area contributed by atoms with Crippen LogP contribution >= 0.6 is 0 Å². The molecule has 1 atom stereocenters. The van der Waals surface area contributed by atoms with Crippen LogP contribution in [0.2, 0.25) is 0 Å². The van der Waals surface area contributed by atoms with Crippen molar-refractivity contribution in [3.8, 4) is 0 Å². The average Bonchev–Trinajstić information content (AvgIpc) is 2.84. The highest BCUT2D eigenvalue weighted by Gasteiger charge is 2.25. The molecule has 1 unspecified atom stereocenters. The van der Waals surface area contributed by atoms with Crippen molar-refractivity contribution in [1.29, 1.82) is 0 Å². The van der Waals surface area contributed by atoms with Crippen molar-refractivity contribution in [3.63, 3.8) is 0 Å². The van der Waals surface area contributed by atoms with Crippen LogP contribution < -0.4 is 10.6 Å². The Morgan fingerprint density at radius 1 is 1.50 bits per heavy atom. The molecule has 0 bridgehead atoms. The number of hydrogen-bond acceptors (Lipinski definition) is 5. The highest BCUT2D eigenvalue weighted by atomic mass is 16.5. The van der Waals surface area contributed by atoms with Gasteiger partial charge in [-0.1, -0.05) is 13.0 Å². The number of hydrogen-bond donors (Lipinski definition) is 1. The fourth-order valence-electron chi connectivity index (χ4n) is 2.33. The van der Waals surface area contributed by atoms with Crippen LogP contribution in [-0.4, -0.2) is 30.8 Å². The SMILES string of the molecule is CCC1COCCN1c1nc2c(N)cccc2o1. The van der Waals surface area contributed by atoms with Gasteiger partial charge in [0.15, 0.2) is 5.58 Å². The van der Waals surface area contributed by atoms with Gasteiger partial charge < -0.3 is 19.8 Å². The lowest BCUT2D eigenvalue weighted by molar-refractivity contribution is 0.0903. The lowest BCUT2D eigenvalue weighted by Crippen LogP contribution is -2.45. The van der Waals surface area contributed by atoms with Gasteiger partial charge in [0.1, 0.15) is 5.52 Å². The summed E-state index contributed by atoms with van der Waals surface area (Å²) in [6.45, 7) is 4.39. The van der Waals surface area contributed by atoms with Crippen molar-refractivity contribution in [2.75, 3.05) is 30.4 Å². The van der Waals surface area contributed by atoms with E-state index in [9.17, 15) is 0 Å². The van der Waals surface area contributed by atoms with Crippen LogP contribution in [0.5, 0.6) is 0 Å². The number of ether oxygens (including phenoxy) is 1. The van der Waals surface area contributed by atoms with Gasteiger partial charge in [-0.25, -0.2) is 0 Å². The zero-order valence-electron chi connectivity index (χ0n) is 10.4. The summed E-state index contributed by atoms with van der Waals surface area (Å²) in [4.78, 5) is 6.68. The predicted molar refractivity (Wildman–Crippen MR) is 70.7 cm³/mol. The third-order valence-corrected chi connectivity index (χ3v) is 3.38. The molecule has 0 saturated carbocycles. The zero-order valence-corrected chi connectivity index (χ0v) is 10.4. The van der Waals surface area contributed by atoms with Gasteiger partial charge in [-0.2, -0.15) is 4.98 Å². The average molecular weight is 247 g/mol. The summed E-state index contributed by atoms with van der Waals surface area (Å²) in [5, 5.41) is 0. The van der Waals surface area contributed by atoms with E-state index in [2.05, 4.69) is 16.8 Å². The number of nitrogens with zero attached hydrogens (tertiary/aromatic N) is 2. The summed E-state index contributed by atoms with van der Waals surface area (Å²) in [5.41, 5.74) is 8.04. The fraction of sp³-hybridized carbons (Fsp3) is 0.462. The van der Waals surface area contributed by atoms with Gasteiger partial charge in [0.25, 0.3) is 6.01 Å². The number of oxazole rings is 1. The van der Waals surface area contributed by atoms with Crippen molar-refractivity contribution in [2.24, 2.45) is 0 Å². The van der Waals surface area contributed by atoms with Gasteiger partial charge in [-0.3, -0.25) is 0 Å². The third-order valence-electron chi connectivity index (χ3n) is 3.38. The van der Waals surface area contributed by atoms with Crippen LogP contribution in [0.3, 0.4) is 0 Å². The van der Waals surface area contributed by atoms with Gasteiger partial charge in [0.05, 0.1) is 24.9 Å². The van der Waals surface area contributed by atoms with E-state index < -0.39 is 0 Å². The lowest BCUT2D eigenvalue weighted by Gasteiger charge is -2.33. The number of nitrogen functional groups attached to an aromatic ring is 1. The first-order valence-electron chi connectivity index (χ1n) is 6.29. The molecule has 0 aliphatic carbocycles. The van der Waals surface area contributed by atoms with Gasteiger partial charge in [0, 0.05) is 6.54 Å². The van der Waals surface area contributed by atoms with Crippen LogP contribution in [0.25, 0.3) is 11.1 Å². The molecule has 3 rings (SSSR count). The van der Waals surface area contributed by atoms with E-state index in [1.54, 1.807) is 0 Å². The fourth-order valence-corrected chi connectivity index (χ4v) is 2.33. The Kier molecular flexibility index (Phi) is 2.83. The van der Waals surface area contributed by atoms with Crippen LogP contribution in [0.1, 0.15) is 13.3 Å². The molecule has 0 amide bonds. The Morgan fingerprint density at radius 2 is 2.39 bits per heavy atom. The van der Waals surface area contributed by atoms with Crippen LogP contribution in [0, 0.1) is 0 Å². The molecule has 1 aliphatic rings. The molecular formula is C13H17N3O2. The minimum Gasteiger partial charge on any atom is -0.423 e. The predicted octanol–water partition coefficient (Wildman–Crippen LogP) is 2.03. The largest absolute Gasteiger partial charge is 0.423 e. The number of rotatable bonds is 2. The molecule has 0 radical (unpaired) electrons. The summed E-state index contributed by atoms with van der Waals surface area (Å²) < 4.78 is 11.3. The maximum atomic E-state index is 5.90. The molecule has 1 fully saturated rings. The van der Waals surface area contributed by atoms with Crippen LogP contribution in [-0.2, 0) is 4.74 Å².